The summed E-state index contributed by atoms with van der Waals surface area (Å²) in [5.41, 5.74) is 6.19. The number of carbonyl (C=O) groups excluding carboxylic acids is 2. The molecule has 2 amide bonds. The van der Waals surface area contributed by atoms with Crippen molar-refractivity contribution in [2.24, 2.45) is 23.7 Å². The lowest BCUT2D eigenvalue weighted by molar-refractivity contribution is -0.134. The Labute approximate surface area is 234 Å². The van der Waals surface area contributed by atoms with Crippen molar-refractivity contribution >= 4 is 17.5 Å². The van der Waals surface area contributed by atoms with Crippen LogP contribution in [-0.4, -0.2) is 48.9 Å². The van der Waals surface area contributed by atoms with Gasteiger partial charge in [-0.2, -0.15) is 0 Å². The normalized spacial score (nSPS) is 28.6. The first-order valence-electron chi connectivity index (χ1n) is 15.2. The van der Waals surface area contributed by atoms with E-state index < -0.39 is 6.04 Å². The zero-order valence-corrected chi connectivity index (χ0v) is 24.2. The van der Waals surface area contributed by atoms with E-state index in [1.165, 1.54) is 60.9 Å². The molecule has 39 heavy (non-hydrogen) atoms. The number of carbonyl (C=O) groups is 2. The second-order valence-electron chi connectivity index (χ2n) is 13.6. The van der Waals surface area contributed by atoms with Gasteiger partial charge < -0.3 is 15.1 Å². The van der Waals surface area contributed by atoms with Gasteiger partial charge in [0.2, 0.25) is 5.91 Å². The Hall–Kier alpha value is -2.82. The maximum Gasteiger partial charge on any atom is 0.251 e. The first kappa shape index (κ1) is 26.4. The molecule has 0 aromatic heterocycles. The van der Waals surface area contributed by atoms with Crippen molar-refractivity contribution in [3.8, 4) is 0 Å². The Morgan fingerprint density at radius 1 is 0.846 bits per heavy atom. The van der Waals surface area contributed by atoms with Crippen molar-refractivity contribution in [1.29, 1.82) is 0 Å². The molecule has 4 saturated carbocycles. The monoisotopic (exact) mass is 527 g/mol. The van der Waals surface area contributed by atoms with Crippen LogP contribution in [0.1, 0.15) is 79.4 Å². The fraction of sp³-hybridized carbons (Fsp3) is 0.588. The van der Waals surface area contributed by atoms with E-state index in [2.05, 4.69) is 54.4 Å². The highest BCUT2D eigenvalue weighted by Gasteiger charge is 2.51. The van der Waals surface area contributed by atoms with Gasteiger partial charge in [-0.15, -0.1) is 0 Å². The number of hydrogen-bond donors (Lipinski definition) is 1. The molecule has 5 heteroatoms. The molecule has 0 radical (unpaired) electrons. The number of benzene rings is 2. The highest BCUT2D eigenvalue weighted by atomic mass is 16.2. The fourth-order valence-corrected chi connectivity index (χ4v) is 8.60. The predicted molar refractivity (Wildman–Crippen MR) is 157 cm³/mol. The van der Waals surface area contributed by atoms with Crippen molar-refractivity contribution in [1.82, 2.24) is 10.2 Å². The standard InChI is InChI=1S/C34H45N3O2/c1-22(2)31(33(39)37-13-11-36(12-14-37)30-15-23(3)5-6-24(30)4)35-32(38)28-7-9-29(10-8-28)34-19-25-16-26(20-34)18-27(17-25)21-34/h5-10,15,22,25-27,31H,11-14,16-21H2,1-4H3,(H,35,38)/t25?,26?,27?,31-,34?/m1/s1. The third kappa shape index (κ3) is 5.10. The van der Waals surface area contributed by atoms with Crippen molar-refractivity contribution in [3.05, 3.63) is 64.7 Å². The molecule has 1 aliphatic heterocycles. The van der Waals surface area contributed by atoms with E-state index in [1.54, 1.807) is 0 Å². The van der Waals surface area contributed by atoms with Gasteiger partial charge in [0.1, 0.15) is 6.04 Å². The molecule has 208 valence electrons. The number of anilines is 1. The molecule has 1 N–H and O–H groups in total. The van der Waals surface area contributed by atoms with Gasteiger partial charge in [-0.25, -0.2) is 0 Å². The fourth-order valence-electron chi connectivity index (χ4n) is 8.60. The number of nitrogens with zero attached hydrogens (tertiary/aromatic N) is 2. The van der Waals surface area contributed by atoms with Crippen LogP contribution in [0.15, 0.2) is 42.5 Å². The molecule has 0 spiro atoms. The minimum atomic E-state index is -0.521. The van der Waals surface area contributed by atoms with E-state index in [9.17, 15) is 9.59 Å². The molecule has 2 aromatic rings. The Morgan fingerprint density at radius 3 is 2.00 bits per heavy atom. The lowest BCUT2D eigenvalue weighted by Crippen LogP contribution is -2.56. The van der Waals surface area contributed by atoms with E-state index in [0.29, 0.717) is 24.1 Å². The molecule has 0 unspecified atom stereocenters. The second kappa shape index (κ2) is 10.3. The quantitative estimate of drug-likeness (QED) is 0.511. The predicted octanol–water partition coefficient (Wildman–Crippen LogP) is 5.87. The Bertz CT molecular complexity index is 1190. The molecule has 2 aromatic carbocycles. The third-order valence-corrected chi connectivity index (χ3v) is 10.3. The Morgan fingerprint density at radius 2 is 1.44 bits per heavy atom. The summed E-state index contributed by atoms with van der Waals surface area (Å²) in [6, 6.07) is 14.4. The van der Waals surface area contributed by atoms with Crippen LogP contribution in [0.5, 0.6) is 0 Å². The van der Waals surface area contributed by atoms with E-state index >= 15 is 0 Å². The number of nitrogens with one attached hydrogen (secondary N) is 1. The highest BCUT2D eigenvalue weighted by molar-refractivity contribution is 5.97. The van der Waals surface area contributed by atoms with Crippen molar-refractivity contribution in [2.45, 2.75) is 77.7 Å². The smallest absolute Gasteiger partial charge is 0.251 e. The van der Waals surface area contributed by atoms with Crippen LogP contribution < -0.4 is 10.2 Å². The number of aryl methyl sites for hydroxylation is 2. The van der Waals surface area contributed by atoms with Crippen molar-refractivity contribution in [3.63, 3.8) is 0 Å². The minimum absolute atomic E-state index is 0.0183. The van der Waals surface area contributed by atoms with Gasteiger partial charge in [-0.3, -0.25) is 9.59 Å². The average Bonchev–Trinajstić information content (AvgIpc) is 2.92. The van der Waals surface area contributed by atoms with Crippen LogP contribution in [0.4, 0.5) is 5.69 Å². The zero-order chi connectivity index (χ0) is 27.3. The van der Waals surface area contributed by atoms with Crippen LogP contribution in [0.2, 0.25) is 0 Å². The molecule has 5 aliphatic rings. The molecular weight excluding hydrogens is 482 g/mol. The highest BCUT2D eigenvalue weighted by Crippen LogP contribution is 2.60. The molecule has 1 atom stereocenters. The van der Waals surface area contributed by atoms with Crippen molar-refractivity contribution in [2.75, 3.05) is 31.1 Å². The summed E-state index contributed by atoms with van der Waals surface area (Å²) < 4.78 is 0. The minimum Gasteiger partial charge on any atom is -0.368 e. The van der Waals surface area contributed by atoms with Gasteiger partial charge in [0.25, 0.3) is 5.91 Å². The molecule has 4 aliphatic carbocycles. The maximum absolute atomic E-state index is 13.6. The van der Waals surface area contributed by atoms with Gasteiger partial charge in [-0.05, 0) is 116 Å². The maximum atomic E-state index is 13.6. The summed E-state index contributed by atoms with van der Waals surface area (Å²) in [6.45, 7) is 11.3. The largest absolute Gasteiger partial charge is 0.368 e. The van der Waals surface area contributed by atoms with E-state index in [0.717, 1.165) is 30.8 Å². The van der Waals surface area contributed by atoms with E-state index in [4.69, 9.17) is 0 Å². The number of amides is 2. The molecule has 1 saturated heterocycles. The molecular formula is C34H45N3O2. The summed E-state index contributed by atoms with van der Waals surface area (Å²) in [5.74, 6) is 2.61. The van der Waals surface area contributed by atoms with Gasteiger partial charge in [0.05, 0.1) is 0 Å². The first-order chi connectivity index (χ1) is 18.7. The van der Waals surface area contributed by atoms with Crippen LogP contribution in [0.25, 0.3) is 0 Å². The molecule has 5 nitrogen and oxygen atoms in total. The summed E-state index contributed by atoms with van der Waals surface area (Å²) in [7, 11) is 0. The molecule has 1 heterocycles. The zero-order valence-electron chi connectivity index (χ0n) is 24.2. The van der Waals surface area contributed by atoms with Gasteiger partial charge in [0, 0.05) is 37.4 Å². The van der Waals surface area contributed by atoms with Crippen molar-refractivity contribution < 1.29 is 9.59 Å². The summed E-state index contributed by atoms with van der Waals surface area (Å²) in [6.07, 6.45) is 8.28. The number of hydrogen-bond acceptors (Lipinski definition) is 3. The molecule has 4 bridgehead atoms. The van der Waals surface area contributed by atoms with Crippen LogP contribution in [0, 0.1) is 37.5 Å². The van der Waals surface area contributed by atoms with Crippen LogP contribution >= 0.6 is 0 Å². The lowest BCUT2D eigenvalue weighted by atomic mass is 9.48. The first-order valence-corrected chi connectivity index (χ1v) is 15.2. The summed E-state index contributed by atoms with van der Waals surface area (Å²) in [5, 5.41) is 3.10. The number of rotatable bonds is 6. The van der Waals surface area contributed by atoms with Gasteiger partial charge >= 0.3 is 0 Å². The number of piperazine rings is 1. The molecule has 7 rings (SSSR count). The summed E-state index contributed by atoms with van der Waals surface area (Å²) in [4.78, 5) is 31.2. The topological polar surface area (TPSA) is 52.6 Å². The second-order valence-corrected chi connectivity index (χ2v) is 13.6. The van der Waals surface area contributed by atoms with Gasteiger partial charge in [-0.1, -0.05) is 38.1 Å². The Balaban J connectivity index is 1.09. The summed E-state index contributed by atoms with van der Waals surface area (Å²) >= 11 is 0. The van der Waals surface area contributed by atoms with E-state index in [1.807, 2.05) is 30.9 Å². The third-order valence-electron chi connectivity index (χ3n) is 10.3. The Kier molecular flexibility index (Phi) is 6.97. The lowest BCUT2D eigenvalue weighted by Gasteiger charge is -2.57. The van der Waals surface area contributed by atoms with E-state index in [-0.39, 0.29) is 17.7 Å². The van der Waals surface area contributed by atoms with Gasteiger partial charge in [0.15, 0.2) is 0 Å². The SMILES string of the molecule is Cc1ccc(C)c(N2CCN(C(=O)[C@H](NC(=O)c3ccc(C45CC6CC(CC(C6)C4)C5)cc3)C(C)C)CC2)c1. The average molecular weight is 528 g/mol. The molecule has 5 fully saturated rings. The van der Waals surface area contributed by atoms with Crippen LogP contribution in [-0.2, 0) is 10.2 Å². The van der Waals surface area contributed by atoms with Crippen LogP contribution in [0.3, 0.4) is 0 Å².